The molecule has 0 radical (unpaired) electrons. The molecular weight excluding hydrogens is 681 g/mol. The number of phenols is 2. The van der Waals surface area contributed by atoms with E-state index in [1.54, 1.807) is 35.6 Å². The van der Waals surface area contributed by atoms with Gasteiger partial charge in [-0.15, -0.1) is 0 Å². The fourth-order valence-corrected chi connectivity index (χ4v) is 6.79. The third-order valence-electron chi connectivity index (χ3n) is 9.46. The van der Waals surface area contributed by atoms with E-state index in [1.165, 1.54) is 38.1 Å². The predicted molar refractivity (Wildman–Crippen MR) is 169 cm³/mol. The Morgan fingerprint density at radius 1 is 0.980 bits per heavy atom. The summed E-state index contributed by atoms with van der Waals surface area (Å²) in [6, 6.07) is 12.5. The highest BCUT2D eigenvalue weighted by molar-refractivity contribution is 6.30. The Balaban J connectivity index is 1.39. The maximum absolute atomic E-state index is 13.7. The van der Waals surface area contributed by atoms with Crippen LogP contribution in [-0.2, 0) is 25.4 Å². The molecule has 16 heteroatoms. The van der Waals surface area contributed by atoms with Crippen molar-refractivity contribution in [3.63, 3.8) is 0 Å². The predicted octanol–water partition coefficient (Wildman–Crippen LogP) is 3.79. The van der Waals surface area contributed by atoms with E-state index in [2.05, 4.69) is 5.32 Å². The lowest BCUT2D eigenvalue weighted by Crippen LogP contribution is -2.57. The Labute approximate surface area is 287 Å². The second-order valence-corrected chi connectivity index (χ2v) is 12.8. The van der Waals surface area contributed by atoms with Gasteiger partial charge in [0.15, 0.2) is 17.9 Å². The van der Waals surface area contributed by atoms with E-state index in [0.29, 0.717) is 5.69 Å². The maximum atomic E-state index is 13.7. The van der Waals surface area contributed by atoms with Crippen LogP contribution in [0.1, 0.15) is 75.8 Å². The van der Waals surface area contributed by atoms with E-state index >= 15 is 0 Å². The van der Waals surface area contributed by atoms with Crippen LogP contribution in [0.15, 0.2) is 54.6 Å². The molecule has 0 saturated carbocycles. The SMILES string of the molecule is CC(OC(=O)Nc1ccccc1)[C@]1(O)Cc2c(O)c3c(c(O)c2[C@@H](O[C@H]2C[C@H](NC(=O)C(F)(F)F)[C@H](O)[C@H](C)O2)C1)C(=O)c1ccccc1C3=O. The lowest BCUT2D eigenvalue weighted by molar-refractivity contribution is -0.253. The van der Waals surface area contributed by atoms with Crippen molar-refractivity contribution in [2.75, 3.05) is 5.32 Å². The van der Waals surface area contributed by atoms with Gasteiger partial charge in [-0.2, -0.15) is 13.2 Å². The second kappa shape index (κ2) is 13.3. The zero-order valence-electron chi connectivity index (χ0n) is 27.1. The van der Waals surface area contributed by atoms with Gasteiger partial charge in [0.2, 0.25) is 0 Å². The number of hydrogen-bond donors (Lipinski definition) is 6. The van der Waals surface area contributed by atoms with Gasteiger partial charge in [0.1, 0.15) is 29.3 Å². The molecule has 270 valence electrons. The van der Waals surface area contributed by atoms with E-state index in [1.807, 2.05) is 0 Å². The van der Waals surface area contributed by atoms with Gasteiger partial charge < -0.3 is 40.0 Å². The molecule has 0 aromatic heterocycles. The number of nitrogens with one attached hydrogen (secondary N) is 2. The number of aromatic hydroxyl groups is 2. The molecule has 0 spiro atoms. The number of carbonyl (C=O) groups is 4. The van der Waals surface area contributed by atoms with Crippen molar-refractivity contribution in [2.24, 2.45) is 0 Å². The largest absolute Gasteiger partial charge is 0.507 e. The molecule has 2 amide bonds. The van der Waals surface area contributed by atoms with Gasteiger partial charge in [0.05, 0.1) is 29.4 Å². The number of fused-ring (bicyclic) bond motifs is 3. The maximum Gasteiger partial charge on any atom is 0.471 e. The van der Waals surface area contributed by atoms with Crippen molar-refractivity contribution >= 4 is 29.3 Å². The molecular formula is C35H33F3N2O11. The third kappa shape index (κ3) is 6.62. The molecule has 51 heavy (non-hydrogen) atoms. The summed E-state index contributed by atoms with van der Waals surface area (Å²) in [4.78, 5) is 51.9. The highest BCUT2D eigenvalue weighted by Gasteiger charge is 2.51. The average molecular weight is 715 g/mol. The fourth-order valence-electron chi connectivity index (χ4n) is 6.79. The molecule has 1 aliphatic heterocycles. The minimum Gasteiger partial charge on any atom is -0.507 e. The summed E-state index contributed by atoms with van der Waals surface area (Å²) in [5.41, 5.74) is -3.28. The first-order valence-electron chi connectivity index (χ1n) is 15.9. The van der Waals surface area contributed by atoms with Gasteiger partial charge in [0, 0.05) is 47.2 Å². The molecule has 1 saturated heterocycles. The summed E-state index contributed by atoms with van der Waals surface area (Å²) in [6.45, 7) is 2.67. The summed E-state index contributed by atoms with van der Waals surface area (Å²) in [6.07, 6.45) is -14.9. The molecule has 6 N–H and O–H groups in total. The number of amides is 2. The van der Waals surface area contributed by atoms with Gasteiger partial charge in [0.25, 0.3) is 0 Å². The number of phenolic OH excluding ortho intramolecular Hbond substituents is 2. The van der Waals surface area contributed by atoms with Crippen molar-refractivity contribution in [1.82, 2.24) is 5.32 Å². The molecule has 6 rings (SSSR count). The number of halogens is 3. The molecule has 1 fully saturated rings. The Morgan fingerprint density at radius 3 is 2.18 bits per heavy atom. The standard InChI is InChI=1S/C35H33F3N2O11/c1-15-27(41)21(40-32(46)35(36,37)38)12-23(49-15)51-22-14-34(48,16(2)50-33(47)39-17-8-4-3-5-9-17)13-20-24(22)31(45)26-25(30(20)44)28(42)18-10-6-7-11-19(18)29(26)43/h3-11,15-16,21-23,27,41,44-45,48H,12-14H2,1-2H3,(H,39,47)(H,40,46)/t15-,16?,21-,22-,23-,27+,34-/m0/s1. The van der Waals surface area contributed by atoms with Crippen LogP contribution in [0, 0.1) is 0 Å². The number of ether oxygens (including phenoxy) is 3. The van der Waals surface area contributed by atoms with E-state index in [0.717, 1.165) is 0 Å². The smallest absolute Gasteiger partial charge is 0.471 e. The number of carbonyl (C=O) groups excluding carboxylic acids is 4. The van der Waals surface area contributed by atoms with Crippen LogP contribution in [0.25, 0.3) is 0 Å². The highest BCUT2D eigenvalue weighted by atomic mass is 19.4. The first-order valence-corrected chi connectivity index (χ1v) is 15.9. The number of rotatable bonds is 6. The number of aliphatic hydroxyl groups is 2. The molecule has 3 aliphatic rings. The first kappa shape index (κ1) is 35.8. The number of alkyl halides is 3. The quantitative estimate of drug-likeness (QED) is 0.159. The summed E-state index contributed by atoms with van der Waals surface area (Å²) in [7, 11) is 0. The fraction of sp³-hybridized carbons (Fsp3) is 0.371. The van der Waals surface area contributed by atoms with Crippen molar-refractivity contribution in [1.29, 1.82) is 0 Å². The van der Waals surface area contributed by atoms with Gasteiger partial charge in [-0.25, -0.2) is 4.79 Å². The number of benzene rings is 3. The number of para-hydroxylation sites is 1. The minimum absolute atomic E-state index is 0.0343. The number of aliphatic hydroxyl groups excluding tert-OH is 1. The van der Waals surface area contributed by atoms with Crippen LogP contribution in [0.5, 0.6) is 11.5 Å². The Morgan fingerprint density at radius 2 is 1.57 bits per heavy atom. The van der Waals surface area contributed by atoms with Crippen LogP contribution in [0.3, 0.4) is 0 Å². The lowest BCUT2D eigenvalue weighted by Gasteiger charge is -2.44. The lowest BCUT2D eigenvalue weighted by atomic mass is 9.71. The molecule has 3 aromatic carbocycles. The molecule has 13 nitrogen and oxygen atoms in total. The molecule has 7 atom stereocenters. The van der Waals surface area contributed by atoms with E-state index < -0.39 is 114 Å². The Hall–Kier alpha value is -5.03. The van der Waals surface area contributed by atoms with E-state index in [4.69, 9.17) is 14.2 Å². The van der Waals surface area contributed by atoms with Crippen LogP contribution < -0.4 is 10.6 Å². The van der Waals surface area contributed by atoms with E-state index in [9.17, 15) is 52.8 Å². The Bertz CT molecular complexity index is 1900. The summed E-state index contributed by atoms with van der Waals surface area (Å²) in [5, 5.41) is 50.1. The van der Waals surface area contributed by atoms with E-state index in [-0.39, 0.29) is 22.3 Å². The normalized spacial score (nSPS) is 26.3. The second-order valence-electron chi connectivity index (χ2n) is 12.8. The van der Waals surface area contributed by atoms with Gasteiger partial charge in [-0.1, -0.05) is 42.5 Å². The van der Waals surface area contributed by atoms with Crippen LogP contribution >= 0.6 is 0 Å². The summed E-state index contributed by atoms with van der Waals surface area (Å²) >= 11 is 0. The van der Waals surface area contributed by atoms with Crippen LogP contribution in [0.4, 0.5) is 23.7 Å². The average Bonchev–Trinajstić information content (AvgIpc) is 3.07. The molecule has 1 heterocycles. The van der Waals surface area contributed by atoms with Crippen LogP contribution in [-0.4, -0.2) is 86.4 Å². The zero-order chi connectivity index (χ0) is 37.0. The van der Waals surface area contributed by atoms with Gasteiger partial charge >= 0.3 is 18.2 Å². The monoisotopic (exact) mass is 714 g/mol. The van der Waals surface area contributed by atoms with Gasteiger partial charge in [-0.3, -0.25) is 19.7 Å². The number of ketones is 2. The van der Waals surface area contributed by atoms with Crippen molar-refractivity contribution < 1.29 is 67.0 Å². The molecule has 1 unspecified atom stereocenters. The zero-order valence-corrected chi connectivity index (χ0v) is 27.1. The van der Waals surface area contributed by atoms with Crippen molar-refractivity contribution in [3.05, 3.63) is 88.0 Å². The number of hydrogen-bond acceptors (Lipinski definition) is 11. The van der Waals surface area contributed by atoms with Crippen molar-refractivity contribution in [3.8, 4) is 11.5 Å². The van der Waals surface area contributed by atoms with Crippen molar-refractivity contribution in [2.45, 2.75) is 81.6 Å². The molecule has 3 aromatic rings. The van der Waals surface area contributed by atoms with Crippen LogP contribution in [0.2, 0.25) is 0 Å². The summed E-state index contributed by atoms with van der Waals surface area (Å²) in [5.74, 6) is -5.38. The topological polar surface area (TPSA) is 201 Å². The molecule has 2 aliphatic carbocycles. The molecule has 0 bridgehead atoms. The Kier molecular flexibility index (Phi) is 9.30. The summed E-state index contributed by atoms with van der Waals surface area (Å²) < 4.78 is 56.6. The first-order chi connectivity index (χ1) is 24.0. The van der Waals surface area contributed by atoms with Gasteiger partial charge in [-0.05, 0) is 26.0 Å². The number of anilines is 1. The minimum atomic E-state index is -5.26. The highest BCUT2D eigenvalue weighted by Crippen LogP contribution is 2.52. The third-order valence-corrected chi connectivity index (χ3v) is 9.46.